The molecule has 0 spiro atoms. The van der Waals surface area contributed by atoms with Gasteiger partial charge in [0, 0.05) is 33.8 Å². The highest BCUT2D eigenvalue weighted by Gasteiger charge is 2.14. The van der Waals surface area contributed by atoms with Gasteiger partial charge < -0.3 is 14.5 Å². The van der Waals surface area contributed by atoms with Crippen molar-refractivity contribution >= 4 is 39.7 Å². The van der Waals surface area contributed by atoms with E-state index in [1.807, 2.05) is 39.8 Å². The maximum atomic E-state index is 12.4. The maximum Gasteiger partial charge on any atom is 0.248 e. The lowest BCUT2D eigenvalue weighted by Crippen LogP contribution is -2.08. The van der Waals surface area contributed by atoms with Crippen LogP contribution in [0.5, 0.6) is 5.75 Å². The van der Waals surface area contributed by atoms with Gasteiger partial charge in [-0.05, 0) is 69.2 Å². The van der Waals surface area contributed by atoms with Crippen LogP contribution in [0.2, 0.25) is 5.02 Å². The zero-order valence-corrected chi connectivity index (χ0v) is 16.6. The number of allylic oxidation sites excluding steroid dienone is 1. The van der Waals surface area contributed by atoms with E-state index in [4.69, 9.17) is 20.8 Å². The first-order chi connectivity index (χ1) is 12.9. The van der Waals surface area contributed by atoms with Crippen molar-refractivity contribution in [2.75, 3.05) is 11.9 Å². The van der Waals surface area contributed by atoms with Crippen molar-refractivity contribution in [3.8, 4) is 5.75 Å². The molecule has 5 heteroatoms. The number of anilines is 1. The van der Waals surface area contributed by atoms with Crippen LogP contribution >= 0.6 is 11.6 Å². The van der Waals surface area contributed by atoms with Crippen LogP contribution < -0.4 is 10.1 Å². The molecule has 1 aromatic heterocycles. The molecule has 27 heavy (non-hydrogen) atoms. The van der Waals surface area contributed by atoms with E-state index in [1.54, 1.807) is 30.3 Å². The second kappa shape index (κ2) is 7.89. The van der Waals surface area contributed by atoms with Crippen LogP contribution in [0.3, 0.4) is 0 Å². The van der Waals surface area contributed by atoms with Gasteiger partial charge in [0.05, 0.1) is 6.61 Å². The summed E-state index contributed by atoms with van der Waals surface area (Å²) in [5.74, 6) is 1.37. The molecule has 0 saturated heterocycles. The minimum atomic E-state index is -0.211. The summed E-state index contributed by atoms with van der Waals surface area (Å²) in [4.78, 5) is 12.4. The number of fused-ring (bicyclic) bond motifs is 1. The Balaban J connectivity index is 1.94. The third-order valence-electron chi connectivity index (χ3n) is 4.46. The van der Waals surface area contributed by atoms with E-state index < -0.39 is 0 Å². The number of furan rings is 1. The lowest BCUT2D eigenvalue weighted by atomic mass is 10.0. The van der Waals surface area contributed by atoms with Crippen LogP contribution in [0.25, 0.3) is 16.5 Å². The number of hydrogen-bond acceptors (Lipinski definition) is 3. The topological polar surface area (TPSA) is 51.5 Å². The summed E-state index contributed by atoms with van der Waals surface area (Å²) in [6.45, 7) is 8.32. The Kier molecular flexibility index (Phi) is 5.57. The number of hydrogen-bond donors (Lipinski definition) is 1. The fourth-order valence-electron chi connectivity index (χ4n) is 2.94. The van der Waals surface area contributed by atoms with Gasteiger partial charge in [0.2, 0.25) is 5.91 Å². The summed E-state index contributed by atoms with van der Waals surface area (Å²) < 4.78 is 11.6. The van der Waals surface area contributed by atoms with Crippen LogP contribution in [-0.4, -0.2) is 12.5 Å². The van der Waals surface area contributed by atoms with Crippen LogP contribution in [0.15, 0.2) is 46.9 Å². The molecule has 0 radical (unpaired) electrons. The van der Waals surface area contributed by atoms with Crippen LogP contribution in [0.1, 0.15) is 30.7 Å². The average Bonchev–Trinajstić information content (AvgIpc) is 2.90. The Bertz CT molecular complexity index is 1020. The highest BCUT2D eigenvalue weighted by atomic mass is 35.5. The molecule has 2 aromatic carbocycles. The highest BCUT2D eigenvalue weighted by molar-refractivity contribution is 6.30. The van der Waals surface area contributed by atoms with Crippen LogP contribution in [0, 0.1) is 13.8 Å². The van der Waals surface area contributed by atoms with Gasteiger partial charge in [-0.1, -0.05) is 11.6 Å². The lowest BCUT2D eigenvalue weighted by molar-refractivity contribution is -0.111. The quantitative estimate of drug-likeness (QED) is 0.538. The maximum absolute atomic E-state index is 12.4. The first-order valence-electron chi connectivity index (χ1n) is 8.80. The summed E-state index contributed by atoms with van der Waals surface area (Å²) >= 11 is 5.88. The zero-order valence-electron chi connectivity index (χ0n) is 15.9. The standard InChI is InChI=1S/C22H22ClNO3/c1-5-26-20-12-21-19(14(3)15(4)27-21)11-18(20)13(2)10-22(25)24-17-8-6-16(23)7-9-17/h6-12H,5H2,1-4H3,(H,24,25)/b13-10+. The Morgan fingerprint density at radius 3 is 2.59 bits per heavy atom. The molecule has 1 N–H and O–H groups in total. The minimum absolute atomic E-state index is 0.211. The van der Waals surface area contributed by atoms with Gasteiger partial charge in [-0.25, -0.2) is 0 Å². The van der Waals surface area contributed by atoms with Crippen LogP contribution in [-0.2, 0) is 4.79 Å². The van der Waals surface area contributed by atoms with E-state index in [0.717, 1.165) is 33.4 Å². The van der Waals surface area contributed by atoms with Crippen molar-refractivity contribution in [2.24, 2.45) is 0 Å². The number of aryl methyl sites for hydroxylation is 2. The van der Waals surface area contributed by atoms with Crippen molar-refractivity contribution in [1.82, 2.24) is 0 Å². The molecular formula is C22H22ClNO3. The highest BCUT2D eigenvalue weighted by Crippen LogP contribution is 2.35. The Labute approximate surface area is 163 Å². The Morgan fingerprint density at radius 1 is 1.22 bits per heavy atom. The number of carbonyl (C=O) groups excluding carboxylic acids is 1. The molecule has 0 atom stereocenters. The predicted molar refractivity (Wildman–Crippen MR) is 111 cm³/mol. The third kappa shape index (κ3) is 4.17. The molecule has 0 aliphatic rings. The monoisotopic (exact) mass is 383 g/mol. The van der Waals surface area contributed by atoms with E-state index in [-0.39, 0.29) is 5.91 Å². The van der Waals surface area contributed by atoms with Gasteiger partial charge in [0.15, 0.2) is 0 Å². The summed E-state index contributed by atoms with van der Waals surface area (Å²) in [7, 11) is 0. The van der Waals surface area contributed by atoms with Gasteiger partial charge >= 0.3 is 0 Å². The van der Waals surface area contributed by atoms with E-state index in [2.05, 4.69) is 5.32 Å². The Hall–Kier alpha value is -2.72. The number of halogens is 1. The van der Waals surface area contributed by atoms with E-state index in [9.17, 15) is 4.79 Å². The Morgan fingerprint density at radius 2 is 1.93 bits per heavy atom. The number of amides is 1. The molecular weight excluding hydrogens is 362 g/mol. The molecule has 0 aliphatic heterocycles. The van der Waals surface area contributed by atoms with E-state index in [1.165, 1.54) is 0 Å². The molecule has 1 amide bonds. The number of carbonyl (C=O) groups is 1. The van der Waals surface area contributed by atoms with Gasteiger partial charge in [0.25, 0.3) is 0 Å². The van der Waals surface area contributed by atoms with Crippen molar-refractivity contribution in [2.45, 2.75) is 27.7 Å². The van der Waals surface area contributed by atoms with Crippen molar-refractivity contribution in [3.63, 3.8) is 0 Å². The van der Waals surface area contributed by atoms with Gasteiger partial charge in [-0.3, -0.25) is 4.79 Å². The van der Waals surface area contributed by atoms with Gasteiger partial charge in [-0.2, -0.15) is 0 Å². The summed E-state index contributed by atoms with van der Waals surface area (Å²) in [5, 5.41) is 4.49. The molecule has 0 bridgehead atoms. The van der Waals surface area contributed by atoms with Crippen molar-refractivity contribution in [1.29, 1.82) is 0 Å². The largest absolute Gasteiger partial charge is 0.493 e. The van der Waals surface area contributed by atoms with Crippen molar-refractivity contribution < 1.29 is 13.9 Å². The third-order valence-corrected chi connectivity index (χ3v) is 4.71. The smallest absolute Gasteiger partial charge is 0.248 e. The van der Waals surface area contributed by atoms with E-state index >= 15 is 0 Å². The molecule has 0 aliphatic carbocycles. The molecule has 1 heterocycles. The molecule has 3 aromatic rings. The number of nitrogens with one attached hydrogen (secondary N) is 1. The summed E-state index contributed by atoms with van der Waals surface area (Å²) in [5.41, 5.74) is 4.25. The zero-order chi connectivity index (χ0) is 19.6. The lowest BCUT2D eigenvalue weighted by Gasteiger charge is -2.11. The average molecular weight is 384 g/mol. The normalized spacial score (nSPS) is 11.7. The first-order valence-corrected chi connectivity index (χ1v) is 9.18. The summed E-state index contributed by atoms with van der Waals surface area (Å²) in [6.07, 6.45) is 1.57. The van der Waals surface area contributed by atoms with Crippen LogP contribution in [0.4, 0.5) is 5.69 Å². The fourth-order valence-corrected chi connectivity index (χ4v) is 3.06. The molecule has 0 fully saturated rings. The molecule has 0 saturated carbocycles. The second-order valence-electron chi connectivity index (χ2n) is 6.38. The summed E-state index contributed by atoms with van der Waals surface area (Å²) in [6, 6.07) is 10.9. The minimum Gasteiger partial charge on any atom is -0.493 e. The predicted octanol–water partition coefficient (Wildman–Crippen LogP) is 6.14. The van der Waals surface area contributed by atoms with E-state index in [0.29, 0.717) is 23.1 Å². The van der Waals surface area contributed by atoms with Crippen molar-refractivity contribution in [3.05, 3.63) is 64.4 Å². The number of rotatable bonds is 5. The first kappa shape index (κ1) is 19.1. The molecule has 4 nitrogen and oxygen atoms in total. The fraction of sp³-hybridized carbons (Fsp3) is 0.227. The van der Waals surface area contributed by atoms with Gasteiger partial charge in [-0.15, -0.1) is 0 Å². The SMILES string of the molecule is CCOc1cc2oc(C)c(C)c2cc1/C(C)=C/C(=O)Nc1ccc(Cl)cc1. The number of benzene rings is 2. The van der Waals surface area contributed by atoms with Gasteiger partial charge in [0.1, 0.15) is 17.1 Å². The second-order valence-corrected chi connectivity index (χ2v) is 6.82. The molecule has 140 valence electrons. The molecule has 3 rings (SSSR count). The molecule has 0 unspecified atom stereocenters. The number of ether oxygens (including phenoxy) is 1.